The highest BCUT2D eigenvalue weighted by Crippen LogP contribution is 2.31. The van der Waals surface area contributed by atoms with Gasteiger partial charge in [0.05, 0.1) is 0 Å². The van der Waals surface area contributed by atoms with Gasteiger partial charge in [-0.05, 0) is 35.2 Å². The minimum atomic E-state index is 0.998. The summed E-state index contributed by atoms with van der Waals surface area (Å²) >= 11 is 5.25. The third-order valence-corrected chi connectivity index (χ3v) is 5.64. The SMILES string of the molecule is c1cc(CSc2nnc(N3CCCC3)s2)cs1. The van der Waals surface area contributed by atoms with Gasteiger partial charge in [0, 0.05) is 18.8 Å². The van der Waals surface area contributed by atoms with Crippen molar-refractivity contribution in [2.45, 2.75) is 22.9 Å². The third kappa shape index (κ3) is 2.81. The van der Waals surface area contributed by atoms with Gasteiger partial charge in [-0.1, -0.05) is 23.1 Å². The molecule has 0 amide bonds. The Labute approximate surface area is 113 Å². The quantitative estimate of drug-likeness (QED) is 0.803. The van der Waals surface area contributed by atoms with Crippen molar-refractivity contribution >= 4 is 39.6 Å². The minimum Gasteiger partial charge on any atom is -0.347 e. The molecule has 6 heteroatoms. The molecule has 0 aliphatic carbocycles. The van der Waals surface area contributed by atoms with Gasteiger partial charge in [0.2, 0.25) is 5.13 Å². The predicted octanol–water partition coefficient (Wildman–Crippen LogP) is 3.49. The molecule has 3 nitrogen and oxygen atoms in total. The maximum absolute atomic E-state index is 4.27. The van der Waals surface area contributed by atoms with E-state index in [1.165, 1.54) is 18.4 Å². The monoisotopic (exact) mass is 283 g/mol. The van der Waals surface area contributed by atoms with Crippen LogP contribution >= 0.6 is 34.4 Å². The van der Waals surface area contributed by atoms with Gasteiger partial charge in [-0.25, -0.2) is 0 Å². The van der Waals surface area contributed by atoms with Crippen LogP contribution in [0.25, 0.3) is 0 Å². The maximum Gasteiger partial charge on any atom is 0.209 e. The normalized spacial score (nSPS) is 15.6. The smallest absolute Gasteiger partial charge is 0.209 e. The highest BCUT2D eigenvalue weighted by Gasteiger charge is 2.16. The Morgan fingerprint density at radius 2 is 2.18 bits per heavy atom. The number of hydrogen-bond donors (Lipinski definition) is 0. The Morgan fingerprint density at radius 1 is 1.29 bits per heavy atom. The van der Waals surface area contributed by atoms with Crippen LogP contribution in [0.4, 0.5) is 5.13 Å². The number of thioether (sulfide) groups is 1. The van der Waals surface area contributed by atoms with Crippen molar-refractivity contribution in [1.82, 2.24) is 10.2 Å². The van der Waals surface area contributed by atoms with Crippen LogP contribution in [0.3, 0.4) is 0 Å². The molecule has 0 aromatic carbocycles. The molecule has 0 atom stereocenters. The second-order valence-electron chi connectivity index (χ2n) is 3.96. The van der Waals surface area contributed by atoms with Crippen molar-refractivity contribution in [2.24, 2.45) is 0 Å². The zero-order chi connectivity index (χ0) is 11.5. The molecule has 0 saturated carbocycles. The zero-order valence-corrected chi connectivity index (χ0v) is 11.8. The fourth-order valence-electron chi connectivity index (χ4n) is 1.82. The molecule has 0 bridgehead atoms. The molecule has 1 fully saturated rings. The van der Waals surface area contributed by atoms with Crippen LogP contribution in [0, 0.1) is 0 Å². The fourth-order valence-corrected chi connectivity index (χ4v) is 4.43. The van der Waals surface area contributed by atoms with E-state index < -0.39 is 0 Å². The van der Waals surface area contributed by atoms with E-state index in [-0.39, 0.29) is 0 Å². The molecule has 0 N–H and O–H groups in total. The van der Waals surface area contributed by atoms with Crippen LogP contribution in [0.5, 0.6) is 0 Å². The molecule has 0 unspecified atom stereocenters. The summed E-state index contributed by atoms with van der Waals surface area (Å²) in [5, 5.41) is 13.9. The Balaban J connectivity index is 1.60. The summed E-state index contributed by atoms with van der Waals surface area (Å²) in [7, 11) is 0. The highest BCUT2D eigenvalue weighted by atomic mass is 32.2. The summed E-state index contributed by atoms with van der Waals surface area (Å²) < 4.78 is 1.08. The number of nitrogens with zero attached hydrogens (tertiary/aromatic N) is 3. The van der Waals surface area contributed by atoms with E-state index in [0.29, 0.717) is 0 Å². The van der Waals surface area contributed by atoms with Gasteiger partial charge in [-0.2, -0.15) is 11.3 Å². The summed E-state index contributed by atoms with van der Waals surface area (Å²) in [6.45, 7) is 2.29. The van der Waals surface area contributed by atoms with Gasteiger partial charge < -0.3 is 4.90 Å². The van der Waals surface area contributed by atoms with E-state index in [0.717, 1.165) is 28.3 Å². The lowest BCUT2D eigenvalue weighted by atomic mass is 10.4. The van der Waals surface area contributed by atoms with E-state index in [9.17, 15) is 0 Å². The lowest BCUT2D eigenvalue weighted by Crippen LogP contribution is -2.17. The second kappa shape index (κ2) is 5.37. The number of anilines is 1. The first-order valence-electron chi connectivity index (χ1n) is 5.64. The molecule has 90 valence electrons. The molecule has 2 aromatic rings. The summed E-state index contributed by atoms with van der Waals surface area (Å²) in [5.74, 6) is 0.998. The van der Waals surface area contributed by atoms with E-state index in [1.54, 1.807) is 34.4 Å². The van der Waals surface area contributed by atoms with Gasteiger partial charge in [0.25, 0.3) is 0 Å². The largest absolute Gasteiger partial charge is 0.347 e. The molecule has 2 aromatic heterocycles. The maximum atomic E-state index is 4.27. The Kier molecular flexibility index (Phi) is 3.63. The van der Waals surface area contributed by atoms with E-state index >= 15 is 0 Å². The first-order chi connectivity index (χ1) is 8.42. The van der Waals surface area contributed by atoms with Crippen molar-refractivity contribution in [1.29, 1.82) is 0 Å². The van der Waals surface area contributed by atoms with Gasteiger partial charge in [-0.3, -0.25) is 0 Å². The molecule has 1 aliphatic heterocycles. The first-order valence-corrected chi connectivity index (χ1v) is 8.38. The zero-order valence-electron chi connectivity index (χ0n) is 9.33. The molecule has 0 spiro atoms. The molecule has 3 heterocycles. The Hall–Kier alpha value is -0.590. The third-order valence-electron chi connectivity index (χ3n) is 2.71. The van der Waals surface area contributed by atoms with Crippen molar-refractivity contribution in [3.05, 3.63) is 22.4 Å². The van der Waals surface area contributed by atoms with Crippen LogP contribution in [0.15, 0.2) is 21.2 Å². The summed E-state index contributed by atoms with van der Waals surface area (Å²) in [6.07, 6.45) is 2.58. The molecule has 1 aliphatic rings. The predicted molar refractivity (Wildman–Crippen MR) is 75.2 cm³/mol. The standard InChI is InChI=1S/C11H13N3S3/c1-2-5-14(4-1)10-12-13-11(17-10)16-8-9-3-6-15-7-9/h3,6-7H,1-2,4-5,8H2. The van der Waals surface area contributed by atoms with Crippen molar-refractivity contribution in [2.75, 3.05) is 18.0 Å². The van der Waals surface area contributed by atoms with Crippen LogP contribution < -0.4 is 4.90 Å². The Morgan fingerprint density at radius 3 is 2.94 bits per heavy atom. The van der Waals surface area contributed by atoms with Crippen molar-refractivity contribution in [3.63, 3.8) is 0 Å². The lowest BCUT2D eigenvalue weighted by Gasteiger charge is -2.10. The van der Waals surface area contributed by atoms with Gasteiger partial charge in [0.15, 0.2) is 4.34 Å². The number of hydrogen-bond acceptors (Lipinski definition) is 6. The summed E-state index contributed by atoms with van der Waals surface area (Å²) in [4.78, 5) is 2.34. The number of aromatic nitrogens is 2. The van der Waals surface area contributed by atoms with Crippen LogP contribution in [0.2, 0.25) is 0 Å². The number of thiophene rings is 1. The average molecular weight is 283 g/mol. The van der Waals surface area contributed by atoms with Crippen molar-refractivity contribution in [3.8, 4) is 0 Å². The molecular weight excluding hydrogens is 270 g/mol. The van der Waals surface area contributed by atoms with Crippen LogP contribution in [-0.4, -0.2) is 23.3 Å². The fraction of sp³-hybridized carbons (Fsp3) is 0.455. The number of rotatable bonds is 4. The molecule has 17 heavy (non-hydrogen) atoms. The van der Waals surface area contributed by atoms with Crippen molar-refractivity contribution < 1.29 is 0 Å². The van der Waals surface area contributed by atoms with Crippen LogP contribution in [-0.2, 0) is 5.75 Å². The van der Waals surface area contributed by atoms with Crippen LogP contribution in [0.1, 0.15) is 18.4 Å². The first kappa shape index (κ1) is 11.5. The average Bonchev–Trinajstić information content (AvgIpc) is 3.09. The molecular formula is C11H13N3S3. The molecule has 1 saturated heterocycles. The highest BCUT2D eigenvalue weighted by molar-refractivity contribution is 8.00. The Bertz CT molecular complexity index is 460. The summed E-state index contributed by atoms with van der Waals surface area (Å²) in [5.41, 5.74) is 1.37. The lowest BCUT2D eigenvalue weighted by molar-refractivity contribution is 0.913. The van der Waals surface area contributed by atoms with Gasteiger partial charge in [-0.15, -0.1) is 10.2 Å². The van der Waals surface area contributed by atoms with Gasteiger partial charge in [0.1, 0.15) is 0 Å². The summed E-state index contributed by atoms with van der Waals surface area (Å²) in [6, 6.07) is 2.17. The topological polar surface area (TPSA) is 29.0 Å². The molecule has 3 rings (SSSR count). The second-order valence-corrected chi connectivity index (χ2v) is 6.92. The van der Waals surface area contributed by atoms with E-state index in [4.69, 9.17) is 0 Å². The van der Waals surface area contributed by atoms with E-state index in [1.807, 2.05) is 0 Å². The minimum absolute atomic E-state index is 0.998. The van der Waals surface area contributed by atoms with Gasteiger partial charge >= 0.3 is 0 Å². The van der Waals surface area contributed by atoms with E-state index in [2.05, 4.69) is 31.9 Å². The molecule has 0 radical (unpaired) electrons.